The molecule has 0 saturated carbocycles. The number of rotatable bonds is 9. The van der Waals surface area contributed by atoms with Gasteiger partial charge in [0.15, 0.2) is 0 Å². The Morgan fingerprint density at radius 2 is 1.84 bits per heavy atom. The summed E-state index contributed by atoms with van der Waals surface area (Å²) in [7, 11) is 0. The molecule has 0 aliphatic rings. The normalized spacial score (nSPS) is 11.8. The molecule has 6 heteroatoms. The Kier molecular flexibility index (Phi) is 9.61. The van der Waals surface area contributed by atoms with Crippen LogP contribution in [0.15, 0.2) is 43.0 Å². The smallest absolute Gasteiger partial charge is 0.309 e. The van der Waals surface area contributed by atoms with Crippen LogP contribution in [0.3, 0.4) is 0 Å². The maximum absolute atomic E-state index is 12.6. The molecular weight excluding hydrogens is 359 g/mol. The minimum atomic E-state index is -0.347. The first kappa shape index (κ1) is 21.5. The van der Waals surface area contributed by atoms with Crippen molar-refractivity contribution in [3.05, 3.63) is 53.6 Å². The second-order valence-electron chi connectivity index (χ2n) is 6.01. The molecule has 138 valence electrons. The van der Waals surface area contributed by atoms with Gasteiger partial charge in [-0.15, -0.1) is 12.4 Å². The van der Waals surface area contributed by atoms with Crippen molar-refractivity contribution >= 4 is 30.0 Å². The van der Waals surface area contributed by atoms with Crippen LogP contribution in [0.25, 0.3) is 0 Å². The summed E-state index contributed by atoms with van der Waals surface area (Å²) < 4.78 is 7.80. The average Bonchev–Trinajstić information content (AvgIpc) is 3.08. The summed E-state index contributed by atoms with van der Waals surface area (Å²) in [6, 6.07) is 7.46. The second-order valence-corrected chi connectivity index (χ2v) is 6.45. The summed E-state index contributed by atoms with van der Waals surface area (Å²) in [6.07, 6.45) is 8.66. The van der Waals surface area contributed by atoms with Crippen molar-refractivity contribution in [3.63, 3.8) is 0 Å². The summed E-state index contributed by atoms with van der Waals surface area (Å²) in [5.74, 6) is -0.142. The van der Waals surface area contributed by atoms with Crippen molar-refractivity contribution in [1.29, 1.82) is 0 Å². The predicted molar refractivity (Wildman–Crippen MR) is 103 cm³/mol. The minimum absolute atomic E-state index is 0. The van der Waals surface area contributed by atoms with E-state index in [4.69, 9.17) is 16.3 Å². The van der Waals surface area contributed by atoms with Crippen LogP contribution >= 0.6 is 24.0 Å². The number of nitrogens with zero attached hydrogens (tertiary/aromatic N) is 2. The number of hydrogen-bond donors (Lipinski definition) is 0. The maximum atomic E-state index is 12.6. The SMILES string of the molecule is CCCC(CCC)C(=O)OC(Cn1ccnc1)c1ccc(Cl)cc1.Cl. The van der Waals surface area contributed by atoms with E-state index >= 15 is 0 Å². The van der Waals surface area contributed by atoms with E-state index in [1.165, 1.54) is 0 Å². The molecule has 1 aromatic carbocycles. The molecule has 25 heavy (non-hydrogen) atoms. The minimum Gasteiger partial charge on any atom is -0.455 e. The third kappa shape index (κ3) is 6.71. The summed E-state index contributed by atoms with van der Waals surface area (Å²) in [5, 5.41) is 0.668. The van der Waals surface area contributed by atoms with Crippen LogP contribution in [0.4, 0.5) is 0 Å². The van der Waals surface area contributed by atoms with Gasteiger partial charge < -0.3 is 9.30 Å². The van der Waals surface area contributed by atoms with Crippen molar-refractivity contribution in [2.75, 3.05) is 0 Å². The van der Waals surface area contributed by atoms with Gasteiger partial charge >= 0.3 is 5.97 Å². The topological polar surface area (TPSA) is 44.1 Å². The first-order chi connectivity index (χ1) is 11.6. The second kappa shape index (κ2) is 11.2. The lowest BCUT2D eigenvalue weighted by Gasteiger charge is -2.22. The molecule has 0 aliphatic carbocycles. The van der Waals surface area contributed by atoms with Crippen molar-refractivity contribution in [2.45, 2.75) is 52.2 Å². The zero-order valence-corrected chi connectivity index (χ0v) is 16.3. The molecule has 1 heterocycles. The lowest BCUT2D eigenvalue weighted by Crippen LogP contribution is -2.22. The largest absolute Gasteiger partial charge is 0.455 e. The number of esters is 1. The van der Waals surface area contributed by atoms with E-state index in [1.807, 2.05) is 35.0 Å². The van der Waals surface area contributed by atoms with Gasteiger partial charge in [0.25, 0.3) is 0 Å². The van der Waals surface area contributed by atoms with Crippen molar-refractivity contribution in [2.24, 2.45) is 5.92 Å². The van der Waals surface area contributed by atoms with E-state index in [0.29, 0.717) is 11.6 Å². The zero-order valence-electron chi connectivity index (χ0n) is 14.7. The molecular formula is C19H26Cl2N2O2. The molecule has 4 nitrogen and oxygen atoms in total. The number of carbonyl (C=O) groups is 1. The molecule has 2 aromatic rings. The van der Waals surface area contributed by atoms with Gasteiger partial charge in [0.2, 0.25) is 0 Å². The van der Waals surface area contributed by atoms with Crippen LogP contribution in [0.5, 0.6) is 0 Å². The third-order valence-electron chi connectivity index (χ3n) is 4.04. The molecule has 2 rings (SSSR count). The summed E-state index contributed by atoms with van der Waals surface area (Å²) >= 11 is 5.97. The standard InChI is InChI=1S/C19H25ClN2O2.ClH/c1-3-5-16(6-4-2)19(23)24-18(13-22-12-11-21-14-22)15-7-9-17(20)10-8-15;/h7-12,14,16,18H,3-6,13H2,1-2H3;1H. The fraction of sp³-hybridized carbons (Fsp3) is 0.474. The highest BCUT2D eigenvalue weighted by atomic mass is 35.5. The Morgan fingerprint density at radius 3 is 2.36 bits per heavy atom. The first-order valence-corrected chi connectivity index (χ1v) is 8.93. The molecule has 0 saturated heterocycles. The van der Waals surface area contributed by atoms with Gasteiger partial charge in [-0.2, -0.15) is 0 Å². The van der Waals surface area contributed by atoms with E-state index in [-0.39, 0.29) is 30.4 Å². The van der Waals surface area contributed by atoms with Gasteiger partial charge in [0, 0.05) is 17.4 Å². The highest BCUT2D eigenvalue weighted by Crippen LogP contribution is 2.25. The number of hydrogen-bond acceptors (Lipinski definition) is 3. The number of halogens is 2. The molecule has 0 N–H and O–H groups in total. The highest BCUT2D eigenvalue weighted by molar-refractivity contribution is 6.30. The fourth-order valence-electron chi connectivity index (χ4n) is 2.79. The average molecular weight is 385 g/mol. The van der Waals surface area contributed by atoms with Crippen molar-refractivity contribution in [3.8, 4) is 0 Å². The third-order valence-corrected chi connectivity index (χ3v) is 4.30. The van der Waals surface area contributed by atoms with E-state index in [0.717, 1.165) is 31.2 Å². The highest BCUT2D eigenvalue weighted by Gasteiger charge is 2.23. The Labute approximate surface area is 161 Å². The molecule has 0 spiro atoms. The molecule has 0 fully saturated rings. The number of benzene rings is 1. The summed E-state index contributed by atoms with van der Waals surface area (Å²) in [4.78, 5) is 16.7. The number of ether oxygens (including phenoxy) is 1. The van der Waals surface area contributed by atoms with Crippen LogP contribution in [0, 0.1) is 5.92 Å². The van der Waals surface area contributed by atoms with E-state index in [1.54, 1.807) is 12.5 Å². The van der Waals surface area contributed by atoms with Crippen LogP contribution in [-0.2, 0) is 16.1 Å². The van der Waals surface area contributed by atoms with E-state index in [2.05, 4.69) is 18.8 Å². The fourth-order valence-corrected chi connectivity index (χ4v) is 2.91. The van der Waals surface area contributed by atoms with Gasteiger partial charge in [0.05, 0.1) is 18.8 Å². The zero-order chi connectivity index (χ0) is 17.4. The Balaban J connectivity index is 0.00000312. The van der Waals surface area contributed by atoms with Crippen LogP contribution < -0.4 is 0 Å². The maximum Gasteiger partial charge on any atom is 0.309 e. The molecule has 0 radical (unpaired) electrons. The quantitative estimate of drug-likeness (QED) is 0.539. The summed E-state index contributed by atoms with van der Waals surface area (Å²) in [5.41, 5.74) is 0.938. The Hall–Kier alpha value is -1.52. The van der Waals surface area contributed by atoms with Gasteiger partial charge in [-0.25, -0.2) is 4.98 Å². The van der Waals surface area contributed by atoms with Crippen molar-refractivity contribution < 1.29 is 9.53 Å². The lowest BCUT2D eigenvalue weighted by molar-refractivity contribution is -0.155. The molecule has 1 unspecified atom stereocenters. The first-order valence-electron chi connectivity index (χ1n) is 8.55. The van der Waals surface area contributed by atoms with Crippen LogP contribution in [0.1, 0.15) is 51.2 Å². The van der Waals surface area contributed by atoms with Crippen LogP contribution in [-0.4, -0.2) is 15.5 Å². The molecule has 0 aliphatic heterocycles. The summed E-state index contributed by atoms with van der Waals surface area (Å²) in [6.45, 7) is 4.73. The number of imidazole rings is 1. The molecule has 1 atom stereocenters. The van der Waals surface area contributed by atoms with E-state index in [9.17, 15) is 4.79 Å². The van der Waals surface area contributed by atoms with Gasteiger partial charge in [0.1, 0.15) is 6.10 Å². The van der Waals surface area contributed by atoms with Gasteiger partial charge in [-0.1, -0.05) is 50.4 Å². The molecule has 1 aromatic heterocycles. The predicted octanol–water partition coefficient (Wildman–Crippen LogP) is 5.46. The van der Waals surface area contributed by atoms with Gasteiger partial charge in [-0.3, -0.25) is 4.79 Å². The molecule has 0 amide bonds. The van der Waals surface area contributed by atoms with Gasteiger partial charge in [-0.05, 0) is 30.5 Å². The van der Waals surface area contributed by atoms with Crippen molar-refractivity contribution in [1.82, 2.24) is 9.55 Å². The Morgan fingerprint density at radius 1 is 1.20 bits per heavy atom. The lowest BCUT2D eigenvalue weighted by atomic mass is 9.98. The number of aromatic nitrogens is 2. The molecule has 0 bridgehead atoms. The van der Waals surface area contributed by atoms with E-state index < -0.39 is 0 Å². The number of carbonyl (C=O) groups excluding carboxylic acids is 1. The van der Waals surface area contributed by atoms with Crippen LogP contribution in [0.2, 0.25) is 5.02 Å². The Bertz CT molecular complexity index is 609. The monoisotopic (exact) mass is 384 g/mol.